The lowest BCUT2D eigenvalue weighted by molar-refractivity contribution is 0.478. The number of rotatable bonds is 6. The van der Waals surface area contributed by atoms with E-state index in [4.69, 9.17) is 11.2 Å². The van der Waals surface area contributed by atoms with Crippen molar-refractivity contribution in [3.63, 3.8) is 0 Å². The zero-order valence-electron chi connectivity index (χ0n) is 13.9. The van der Waals surface area contributed by atoms with E-state index in [9.17, 15) is 0 Å². The Morgan fingerprint density at radius 2 is 0.944 bits per heavy atom. The number of hydrogen-bond acceptors (Lipinski definition) is 2. The molecule has 0 aliphatic carbocycles. The molecule has 2 nitrogen and oxygen atoms in total. The molecule has 0 amide bonds. The van der Waals surface area contributed by atoms with Crippen LogP contribution in [0.2, 0.25) is 39.3 Å². The quantitative estimate of drug-likeness (QED) is 0.467. The van der Waals surface area contributed by atoms with Gasteiger partial charge >= 0.3 is 0 Å². The number of hydrogen-bond donors (Lipinski definition) is 0. The summed E-state index contributed by atoms with van der Waals surface area (Å²) in [7, 11) is -3.48. The zero-order chi connectivity index (χ0) is 14.9. The fourth-order valence-corrected chi connectivity index (χ4v) is 16.5. The molecule has 0 bridgehead atoms. The number of halogens is 1. The molecule has 0 atom stereocenters. The standard InChI is InChI=1S/C12H32ClN2PSi2/c1-11(2)14(17(5,6)7)16(13)15(12(3)4)18(8,9)10/h11-12H,1-10H3. The van der Waals surface area contributed by atoms with Crippen LogP contribution in [0.1, 0.15) is 27.7 Å². The van der Waals surface area contributed by atoms with Crippen molar-refractivity contribution in [2.24, 2.45) is 0 Å². The second-order valence-corrected chi connectivity index (χ2v) is 20.1. The molecule has 0 aliphatic rings. The highest BCUT2D eigenvalue weighted by atomic mass is 35.7. The smallest absolute Gasteiger partial charge is 0.127 e. The molecule has 0 aromatic rings. The molecule has 0 aliphatic heterocycles. The van der Waals surface area contributed by atoms with Crippen LogP contribution in [0.25, 0.3) is 0 Å². The van der Waals surface area contributed by atoms with Crippen LogP contribution in [0.4, 0.5) is 0 Å². The van der Waals surface area contributed by atoms with Crippen molar-refractivity contribution >= 4 is 35.3 Å². The minimum absolute atomic E-state index is 0.526. The van der Waals surface area contributed by atoms with E-state index >= 15 is 0 Å². The fourth-order valence-electron chi connectivity index (χ4n) is 2.53. The average molecular weight is 327 g/mol. The Hall–Kier alpha value is 1.07. The van der Waals surface area contributed by atoms with Gasteiger partial charge in [-0.05, 0) is 0 Å². The van der Waals surface area contributed by atoms with E-state index in [0.29, 0.717) is 12.1 Å². The Balaban J connectivity index is 5.35. The first-order valence-electron chi connectivity index (χ1n) is 6.84. The molecule has 0 unspecified atom stereocenters. The lowest BCUT2D eigenvalue weighted by Crippen LogP contribution is -2.53. The van der Waals surface area contributed by atoms with Gasteiger partial charge in [0.1, 0.15) is 24.0 Å². The molecule has 0 saturated heterocycles. The summed E-state index contributed by atoms with van der Waals surface area (Å²) in [5.74, 6) is 0. The predicted molar refractivity (Wildman–Crippen MR) is 93.4 cm³/mol. The van der Waals surface area contributed by atoms with Gasteiger partial charge in [-0.1, -0.05) is 78.2 Å². The van der Waals surface area contributed by atoms with Crippen LogP contribution in [0, 0.1) is 0 Å². The lowest BCUT2D eigenvalue weighted by atomic mass is 10.4. The first kappa shape index (κ1) is 19.1. The Bertz CT molecular complexity index is 236. The molecule has 0 saturated carbocycles. The summed E-state index contributed by atoms with van der Waals surface area (Å²) in [5, 5.41) is 0. The summed E-state index contributed by atoms with van der Waals surface area (Å²) < 4.78 is 5.23. The first-order valence-corrected chi connectivity index (χ1v) is 15.9. The molecule has 6 heteroatoms. The van der Waals surface area contributed by atoms with E-state index in [0.717, 1.165) is 0 Å². The molecular formula is C12H32ClN2PSi2. The van der Waals surface area contributed by atoms with E-state index in [-0.39, 0.29) is 0 Å². The Morgan fingerprint density at radius 3 is 1.06 bits per heavy atom. The highest BCUT2D eigenvalue weighted by Crippen LogP contribution is 2.56. The largest absolute Gasteiger partial charge is 0.277 e. The van der Waals surface area contributed by atoms with Gasteiger partial charge in [0.15, 0.2) is 0 Å². The van der Waals surface area contributed by atoms with Gasteiger partial charge in [-0.25, -0.2) is 0 Å². The lowest BCUT2D eigenvalue weighted by Gasteiger charge is -2.49. The Labute approximate surface area is 123 Å². The first-order chi connectivity index (χ1) is 7.80. The van der Waals surface area contributed by atoms with Crippen molar-refractivity contribution in [3.8, 4) is 0 Å². The summed E-state index contributed by atoms with van der Waals surface area (Å²) in [6.07, 6.45) is 0. The molecular weight excluding hydrogens is 295 g/mol. The maximum Gasteiger partial charge on any atom is 0.127 e. The van der Waals surface area contributed by atoms with Crippen LogP contribution >= 0.6 is 18.8 Å². The highest BCUT2D eigenvalue weighted by Gasteiger charge is 2.40. The van der Waals surface area contributed by atoms with E-state index < -0.39 is 24.0 Å². The Kier molecular flexibility index (Phi) is 7.08. The monoisotopic (exact) mass is 326 g/mol. The number of nitrogens with zero attached hydrogens (tertiary/aromatic N) is 2. The summed E-state index contributed by atoms with van der Waals surface area (Å²) in [6.45, 7) is 23.5. The minimum atomic E-state index is -1.39. The second-order valence-electron chi connectivity index (χ2n) is 7.46. The minimum Gasteiger partial charge on any atom is -0.277 e. The van der Waals surface area contributed by atoms with Gasteiger partial charge in [0.05, 0.1) is 0 Å². The van der Waals surface area contributed by atoms with Crippen LogP contribution < -0.4 is 0 Å². The van der Waals surface area contributed by atoms with Crippen molar-refractivity contribution in [1.29, 1.82) is 0 Å². The highest BCUT2D eigenvalue weighted by molar-refractivity contribution is 7.82. The summed E-state index contributed by atoms with van der Waals surface area (Å²) >= 11 is 6.96. The molecule has 0 N–H and O–H groups in total. The summed E-state index contributed by atoms with van der Waals surface area (Å²) in [4.78, 5) is 0. The van der Waals surface area contributed by atoms with Gasteiger partial charge in [-0.3, -0.25) is 8.67 Å². The van der Waals surface area contributed by atoms with Crippen molar-refractivity contribution in [2.45, 2.75) is 79.1 Å². The fraction of sp³-hybridized carbons (Fsp3) is 1.00. The average Bonchev–Trinajstić information content (AvgIpc) is 1.93. The van der Waals surface area contributed by atoms with Crippen LogP contribution in [0.5, 0.6) is 0 Å². The summed E-state index contributed by atoms with van der Waals surface area (Å²) in [6, 6.07) is 1.05. The molecule has 18 heavy (non-hydrogen) atoms. The van der Waals surface area contributed by atoms with E-state index in [1.807, 2.05) is 0 Å². The molecule has 0 aromatic carbocycles. The van der Waals surface area contributed by atoms with Crippen molar-refractivity contribution in [2.75, 3.05) is 0 Å². The zero-order valence-corrected chi connectivity index (χ0v) is 17.5. The molecule has 0 radical (unpaired) electrons. The SMILES string of the molecule is CC(C)N(P(Cl)N(C(C)C)[Si](C)(C)C)[Si](C)(C)C. The van der Waals surface area contributed by atoms with Gasteiger partial charge in [-0.2, -0.15) is 0 Å². The van der Waals surface area contributed by atoms with Gasteiger partial charge in [0.2, 0.25) is 0 Å². The predicted octanol–water partition coefficient (Wildman–Crippen LogP) is 5.54. The second kappa shape index (κ2) is 6.69. The molecule has 0 spiro atoms. The van der Waals surface area contributed by atoms with Gasteiger partial charge in [-0.15, -0.1) is 0 Å². The van der Waals surface area contributed by atoms with Crippen molar-refractivity contribution < 1.29 is 0 Å². The normalized spacial score (nSPS) is 14.7. The van der Waals surface area contributed by atoms with E-state index in [1.165, 1.54) is 0 Å². The van der Waals surface area contributed by atoms with Crippen LogP contribution in [0.15, 0.2) is 0 Å². The summed E-state index contributed by atoms with van der Waals surface area (Å²) in [5.41, 5.74) is 0. The molecule has 110 valence electrons. The van der Waals surface area contributed by atoms with E-state index in [2.05, 4.69) is 75.6 Å². The molecule has 0 aromatic heterocycles. The molecule has 0 fully saturated rings. The van der Waals surface area contributed by atoms with Crippen molar-refractivity contribution in [3.05, 3.63) is 0 Å². The van der Waals surface area contributed by atoms with Gasteiger partial charge in [0, 0.05) is 12.1 Å². The third-order valence-electron chi connectivity index (χ3n) is 2.71. The topological polar surface area (TPSA) is 6.48 Å². The maximum absolute atomic E-state index is 6.96. The Morgan fingerprint density at radius 1 is 0.722 bits per heavy atom. The van der Waals surface area contributed by atoms with E-state index in [1.54, 1.807) is 0 Å². The molecule has 0 heterocycles. The van der Waals surface area contributed by atoms with Crippen molar-refractivity contribution in [1.82, 2.24) is 8.67 Å². The molecule has 0 rings (SSSR count). The van der Waals surface area contributed by atoms with Crippen LogP contribution in [-0.2, 0) is 0 Å². The van der Waals surface area contributed by atoms with Gasteiger partial charge in [0.25, 0.3) is 0 Å². The van der Waals surface area contributed by atoms with Gasteiger partial charge < -0.3 is 0 Å². The third kappa shape index (κ3) is 5.22. The van der Waals surface area contributed by atoms with Crippen LogP contribution in [0.3, 0.4) is 0 Å². The van der Waals surface area contributed by atoms with Crippen LogP contribution in [-0.4, -0.2) is 37.2 Å². The third-order valence-corrected chi connectivity index (χ3v) is 14.6. The maximum atomic E-state index is 6.96.